The molecule has 82 valence electrons. The molecule has 6 heteroatoms. The molecular formula is C9H13ClN4O. The minimum Gasteiger partial charge on any atom is -0.393 e. The van der Waals surface area contributed by atoms with Gasteiger partial charge in [0.1, 0.15) is 12.0 Å². The summed E-state index contributed by atoms with van der Waals surface area (Å²) in [5.74, 6) is 1.13. The molecule has 1 aromatic rings. The summed E-state index contributed by atoms with van der Waals surface area (Å²) in [7, 11) is 0. The molecule has 1 unspecified atom stereocenters. The molecule has 0 aliphatic carbocycles. The summed E-state index contributed by atoms with van der Waals surface area (Å²) in [5, 5.41) is 3.44. The highest BCUT2D eigenvalue weighted by molar-refractivity contribution is 6.32. The Morgan fingerprint density at radius 2 is 2.47 bits per heavy atom. The van der Waals surface area contributed by atoms with Crippen LogP contribution in [0.1, 0.15) is 6.42 Å². The fourth-order valence-corrected chi connectivity index (χ4v) is 1.63. The number of hydrogen-bond donors (Lipinski definition) is 2. The van der Waals surface area contributed by atoms with Crippen molar-refractivity contribution in [3.8, 4) is 0 Å². The minimum atomic E-state index is 0.287. The Kier molecular flexibility index (Phi) is 3.23. The van der Waals surface area contributed by atoms with Crippen molar-refractivity contribution >= 4 is 23.1 Å². The van der Waals surface area contributed by atoms with Gasteiger partial charge < -0.3 is 15.8 Å². The lowest BCUT2D eigenvalue weighted by Crippen LogP contribution is -2.16. The Morgan fingerprint density at radius 3 is 3.20 bits per heavy atom. The predicted molar refractivity (Wildman–Crippen MR) is 58.9 cm³/mol. The predicted octanol–water partition coefficient (Wildman–Crippen LogP) is 1.16. The van der Waals surface area contributed by atoms with Crippen LogP contribution in [0, 0.1) is 5.92 Å². The van der Waals surface area contributed by atoms with Gasteiger partial charge in [-0.15, -0.1) is 0 Å². The third kappa shape index (κ3) is 2.49. The van der Waals surface area contributed by atoms with Gasteiger partial charge in [0.05, 0.1) is 6.61 Å². The summed E-state index contributed by atoms with van der Waals surface area (Å²) in [4.78, 5) is 7.81. The number of hydrogen-bond acceptors (Lipinski definition) is 5. The highest BCUT2D eigenvalue weighted by Crippen LogP contribution is 2.22. The second-order valence-corrected chi connectivity index (χ2v) is 3.90. The fraction of sp³-hybridized carbons (Fsp3) is 0.556. The summed E-state index contributed by atoms with van der Waals surface area (Å²) in [5.41, 5.74) is 6.12. The zero-order chi connectivity index (χ0) is 10.7. The topological polar surface area (TPSA) is 73.1 Å². The number of aromatic nitrogens is 2. The summed E-state index contributed by atoms with van der Waals surface area (Å²) in [6.07, 6.45) is 2.47. The molecule has 0 bridgehead atoms. The average molecular weight is 229 g/mol. The van der Waals surface area contributed by atoms with Crippen LogP contribution in [-0.4, -0.2) is 29.7 Å². The summed E-state index contributed by atoms with van der Waals surface area (Å²) in [6, 6.07) is 0. The van der Waals surface area contributed by atoms with Crippen molar-refractivity contribution in [3.63, 3.8) is 0 Å². The molecule has 1 aromatic heterocycles. The van der Waals surface area contributed by atoms with E-state index >= 15 is 0 Å². The number of halogens is 1. The second-order valence-electron chi connectivity index (χ2n) is 3.54. The first-order valence-electron chi connectivity index (χ1n) is 4.85. The van der Waals surface area contributed by atoms with E-state index in [0.29, 0.717) is 17.4 Å². The van der Waals surface area contributed by atoms with Crippen molar-refractivity contribution in [3.05, 3.63) is 11.5 Å². The first kappa shape index (κ1) is 10.4. The van der Waals surface area contributed by atoms with E-state index in [4.69, 9.17) is 22.1 Å². The highest BCUT2D eigenvalue weighted by Gasteiger charge is 2.16. The molecule has 1 atom stereocenters. The maximum Gasteiger partial charge on any atom is 0.157 e. The van der Waals surface area contributed by atoms with Crippen LogP contribution in [0.3, 0.4) is 0 Å². The van der Waals surface area contributed by atoms with Gasteiger partial charge in [-0.25, -0.2) is 9.97 Å². The van der Waals surface area contributed by atoms with Gasteiger partial charge in [-0.1, -0.05) is 11.6 Å². The molecule has 0 amide bonds. The number of nitrogens with one attached hydrogen (secondary N) is 1. The zero-order valence-corrected chi connectivity index (χ0v) is 9.00. The first-order chi connectivity index (χ1) is 7.27. The van der Waals surface area contributed by atoms with Gasteiger partial charge in [0.15, 0.2) is 11.0 Å². The van der Waals surface area contributed by atoms with Crippen molar-refractivity contribution in [1.29, 1.82) is 0 Å². The Hall–Kier alpha value is -1.07. The Bertz CT molecular complexity index is 341. The lowest BCUT2D eigenvalue weighted by Gasteiger charge is -2.11. The van der Waals surface area contributed by atoms with Crippen molar-refractivity contribution in [1.82, 2.24) is 9.97 Å². The van der Waals surface area contributed by atoms with Crippen LogP contribution in [0.25, 0.3) is 0 Å². The molecule has 1 fully saturated rings. The molecule has 2 heterocycles. The van der Waals surface area contributed by atoms with E-state index in [-0.39, 0.29) is 5.15 Å². The summed E-state index contributed by atoms with van der Waals surface area (Å²) >= 11 is 5.77. The Balaban J connectivity index is 1.95. The second kappa shape index (κ2) is 4.63. The van der Waals surface area contributed by atoms with Crippen LogP contribution in [0.2, 0.25) is 5.15 Å². The molecule has 0 aromatic carbocycles. The summed E-state index contributed by atoms with van der Waals surface area (Å²) < 4.78 is 5.27. The molecular weight excluding hydrogens is 216 g/mol. The molecule has 1 aliphatic heterocycles. The molecule has 1 aliphatic rings. The van der Waals surface area contributed by atoms with Crippen LogP contribution in [0.4, 0.5) is 11.5 Å². The van der Waals surface area contributed by atoms with Crippen molar-refractivity contribution in [2.24, 2.45) is 5.92 Å². The number of anilines is 2. The van der Waals surface area contributed by atoms with Gasteiger partial charge in [0.2, 0.25) is 0 Å². The van der Waals surface area contributed by atoms with Gasteiger partial charge in [-0.2, -0.15) is 0 Å². The van der Waals surface area contributed by atoms with Gasteiger partial charge >= 0.3 is 0 Å². The standard InChI is InChI=1S/C9H13ClN4O/c10-8-7(11)9(14-5-13-8)12-3-6-1-2-15-4-6/h5-6H,1-4,11H2,(H,12,13,14). The van der Waals surface area contributed by atoms with E-state index in [0.717, 1.165) is 26.2 Å². The lowest BCUT2D eigenvalue weighted by atomic mass is 10.1. The third-order valence-electron chi connectivity index (χ3n) is 2.42. The van der Waals surface area contributed by atoms with Gasteiger partial charge in [0, 0.05) is 19.1 Å². The number of ether oxygens (including phenoxy) is 1. The Labute approximate surface area is 93.0 Å². The van der Waals surface area contributed by atoms with Crippen LogP contribution >= 0.6 is 11.6 Å². The number of nitrogens with two attached hydrogens (primary N) is 1. The van der Waals surface area contributed by atoms with E-state index < -0.39 is 0 Å². The molecule has 0 radical (unpaired) electrons. The van der Waals surface area contributed by atoms with Crippen LogP contribution in [-0.2, 0) is 4.74 Å². The molecule has 5 nitrogen and oxygen atoms in total. The van der Waals surface area contributed by atoms with E-state index in [2.05, 4.69) is 15.3 Å². The minimum absolute atomic E-state index is 0.287. The monoisotopic (exact) mass is 228 g/mol. The van der Waals surface area contributed by atoms with Gasteiger partial charge in [0.25, 0.3) is 0 Å². The molecule has 2 rings (SSSR count). The van der Waals surface area contributed by atoms with E-state index in [1.54, 1.807) is 0 Å². The maximum absolute atomic E-state index is 5.77. The van der Waals surface area contributed by atoms with Crippen molar-refractivity contribution in [2.75, 3.05) is 30.8 Å². The largest absolute Gasteiger partial charge is 0.393 e. The molecule has 0 saturated carbocycles. The normalized spacial score (nSPS) is 20.5. The number of nitrogens with zero attached hydrogens (tertiary/aromatic N) is 2. The van der Waals surface area contributed by atoms with E-state index in [1.165, 1.54) is 6.33 Å². The van der Waals surface area contributed by atoms with Crippen LogP contribution in [0.5, 0.6) is 0 Å². The Morgan fingerprint density at radius 1 is 1.60 bits per heavy atom. The van der Waals surface area contributed by atoms with E-state index in [9.17, 15) is 0 Å². The molecule has 15 heavy (non-hydrogen) atoms. The quantitative estimate of drug-likeness (QED) is 0.760. The van der Waals surface area contributed by atoms with E-state index in [1.807, 2.05) is 0 Å². The van der Waals surface area contributed by atoms with Gasteiger partial charge in [-0.05, 0) is 6.42 Å². The highest BCUT2D eigenvalue weighted by atomic mass is 35.5. The van der Waals surface area contributed by atoms with Crippen LogP contribution < -0.4 is 11.1 Å². The fourth-order valence-electron chi connectivity index (χ4n) is 1.50. The smallest absolute Gasteiger partial charge is 0.157 e. The van der Waals surface area contributed by atoms with Gasteiger partial charge in [-0.3, -0.25) is 0 Å². The number of rotatable bonds is 3. The average Bonchev–Trinajstić information content (AvgIpc) is 2.73. The maximum atomic E-state index is 5.77. The molecule has 1 saturated heterocycles. The SMILES string of the molecule is Nc1c(Cl)ncnc1NCC1CCOC1. The third-order valence-corrected chi connectivity index (χ3v) is 2.72. The van der Waals surface area contributed by atoms with Crippen molar-refractivity contribution in [2.45, 2.75) is 6.42 Å². The van der Waals surface area contributed by atoms with Crippen LogP contribution in [0.15, 0.2) is 6.33 Å². The van der Waals surface area contributed by atoms with Crippen molar-refractivity contribution < 1.29 is 4.74 Å². The number of nitrogen functional groups attached to an aromatic ring is 1. The first-order valence-corrected chi connectivity index (χ1v) is 5.22. The molecule has 0 spiro atoms. The zero-order valence-electron chi connectivity index (χ0n) is 8.24. The lowest BCUT2D eigenvalue weighted by molar-refractivity contribution is 0.187. The summed E-state index contributed by atoms with van der Waals surface area (Å²) in [6.45, 7) is 2.44. The molecule has 3 N–H and O–H groups in total.